The molecule has 0 amide bonds. The second-order valence-corrected chi connectivity index (χ2v) is 8.10. The van der Waals surface area contributed by atoms with Gasteiger partial charge in [0.1, 0.15) is 5.60 Å². The van der Waals surface area contributed by atoms with Crippen LogP contribution in [0.1, 0.15) is 67.7 Å². The van der Waals surface area contributed by atoms with Crippen molar-refractivity contribution in [1.29, 1.82) is 0 Å². The third-order valence-electron chi connectivity index (χ3n) is 5.71. The van der Waals surface area contributed by atoms with Crippen LogP contribution in [0.3, 0.4) is 0 Å². The standard InChI is InChI=1S/C17H28O2/c1-11(14(18)19-15(2,3)4)13-10-12-8-9-17(13,7)16(12,5)6/h12H,8-10H2,1-7H3/b13-11-/t12-,17+/m1/s1. The van der Waals surface area contributed by atoms with Gasteiger partial charge in [-0.15, -0.1) is 0 Å². The van der Waals surface area contributed by atoms with E-state index in [2.05, 4.69) is 20.8 Å². The van der Waals surface area contributed by atoms with Gasteiger partial charge >= 0.3 is 5.97 Å². The summed E-state index contributed by atoms with van der Waals surface area (Å²) in [7, 11) is 0. The first-order valence-corrected chi connectivity index (χ1v) is 7.42. The monoisotopic (exact) mass is 264 g/mol. The summed E-state index contributed by atoms with van der Waals surface area (Å²) in [6.45, 7) is 14.8. The molecule has 2 heteroatoms. The topological polar surface area (TPSA) is 26.3 Å². The van der Waals surface area contributed by atoms with E-state index in [-0.39, 0.29) is 11.4 Å². The second-order valence-electron chi connectivity index (χ2n) is 8.10. The molecule has 19 heavy (non-hydrogen) atoms. The van der Waals surface area contributed by atoms with Crippen LogP contribution >= 0.6 is 0 Å². The van der Waals surface area contributed by atoms with Gasteiger partial charge in [0, 0.05) is 5.57 Å². The van der Waals surface area contributed by atoms with Crippen molar-refractivity contribution in [2.75, 3.05) is 0 Å². The van der Waals surface area contributed by atoms with Gasteiger partial charge in [-0.1, -0.05) is 26.3 Å². The molecule has 2 nitrogen and oxygen atoms in total. The van der Waals surface area contributed by atoms with Crippen LogP contribution in [0, 0.1) is 16.7 Å². The number of carbonyl (C=O) groups excluding carboxylic acids is 1. The molecule has 108 valence electrons. The molecule has 2 aliphatic carbocycles. The lowest BCUT2D eigenvalue weighted by Gasteiger charge is -2.36. The van der Waals surface area contributed by atoms with Crippen molar-refractivity contribution in [3.8, 4) is 0 Å². The van der Waals surface area contributed by atoms with Gasteiger partial charge in [0.2, 0.25) is 0 Å². The highest BCUT2D eigenvalue weighted by Crippen LogP contribution is 2.68. The molecule has 0 radical (unpaired) electrons. The largest absolute Gasteiger partial charge is 0.457 e. The molecular formula is C17H28O2. The Labute approximate surface area is 117 Å². The highest BCUT2D eigenvalue weighted by molar-refractivity contribution is 5.89. The Hall–Kier alpha value is -0.790. The van der Waals surface area contributed by atoms with Gasteiger partial charge in [-0.05, 0) is 63.7 Å². The molecule has 2 aliphatic rings. The fourth-order valence-electron chi connectivity index (χ4n) is 4.01. The molecule has 2 bridgehead atoms. The summed E-state index contributed by atoms with van der Waals surface area (Å²) in [5.41, 5.74) is 2.28. The van der Waals surface area contributed by atoms with Gasteiger partial charge in [0.25, 0.3) is 0 Å². The van der Waals surface area contributed by atoms with Crippen molar-refractivity contribution in [3.05, 3.63) is 11.1 Å². The van der Waals surface area contributed by atoms with Crippen molar-refractivity contribution in [2.45, 2.75) is 73.3 Å². The zero-order valence-corrected chi connectivity index (χ0v) is 13.5. The van der Waals surface area contributed by atoms with E-state index in [4.69, 9.17) is 4.74 Å². The van der Waals surface area contributed by atoms with Crippen LogP contribution in [0.25, 0.3) is 0 Å². The Morgan fingerprint density at radius 2 is 1.84 bits per heavy atom. The van der Waals surface area contributed by atoms with Crippen LogP contribution < -0.4 is 0 Å². The minimum atomic E-state index is -0.410. The molecule has 0 aliphatic heterocycles. The van der Waals surface area contributed by atoms with E-state index in [1.165, 1.54) is 18.4 Å². The lowest BCUT2D eigenvalue weighted by Crippen LogP contribution is -2.30. The first-order chi connectivity index (χ1) is 8.49. The SMILES string of the molecule is C/C(C(=O)OC(C)(C)C)=C1\C[C@H]2CC[C@]1(C)C2(C)C. The first kappa shape index (κ1) is 14.6. The molecule has 2 rings (SSSR count). The summed E-state index contributed by atoms with van der Waals surface area (Å²) in [6.07, 6.45) is 3.59. The Balaban J connectivity index is 2.32. The van der Waals surface area contributed by atoms with Crippen LogP contribution in [0.4, 0.5) is 0 Å². The van der Waals surface area contributed by atoms with Crippen molar-refractivity contribution < 1.29 is 9.53 Å². The maximum absolute atomic E-state index is 12.3. The quantitative estimate of drug-likeness (QED) is 0.515. The highest BCUT2D eigenvalue weighted by Gasteiger charge is 2.59. The lowest BCUT2D eigenvalue weighted by atomic mass is 9.68. The van der Waals surface area contributed by atoms with E-state index in [1.807, 2.05) is 27.7 Å². The fourth-order valence-corrected chi connectivity index (χ4v) is 4.01. The van der Waals surface area contributed by atoms with Gasteiger partial charge in [-0.25, -0.2) is 4.79 Å². The fraction of sp³-hybridized carbons (Fsp3) is 0.824. The van der Waals surface area contributed by atoms with E-state index in [0.29, 0.717) is 5.41 Å². The van der Waals surface area contributed by atoms with Crippen LogP contribution in [0.15, 0.2) is 11.1 Å². The Bertz CT molecular complexity index is 437. The van der Waals surface area contributed by atoms with Crippen molar-refractivity contribution in [3.63, 3.8) is 0 Å². The third kappa shape index (κ3) is 2.13. The zero-order valence-electron chi connectivity index (χ0n) is 13.5. The summed E-state index contributed by atoms with van der Waals surface area (Å²) in [6, 6.07) is 0. The normalized spacial score (nSPS) is 35.4. The number of rotatable bonds is 1. The summed E-state index contributed by atoms with van der Waals surface area (Å²) in [4.78, 5) is 12.3. The van der Waals surface area contributed by atoms with E-state index in [0.717, 1.165) is 17.9 Å². The van der Waals surface area contributed by atoms with Crippen molar-refractivity contribution in [1.82, 2.24) is 0 Å². The van der Waals surface area contributed by atoms with Gasteiger partial charge in [0.15, 0.2) is 0 Å². The molecule has 0 saturated heterocycles. The maximum Gasteiger partial charge on any atom is 0.334 e. The molecule has 0 unspecified atom stereocenters. The summed E-state index contributed by atoms with van der Waals surface area (Å²) < 4.78 is 5.54. The molecule has 2 saturated carbocycles. The van der Waals surface area contributed by atoms with Crippen LogP contribution in [0.2, 0.25) is 0 Å². The van der Waals surface area contributed by atoms with E-state index in [9.17, 15) is 4.79 Å². The van der Waals surface area contributed by atoms with E-state index < -0.39 is 5.60 Å². The number of hydrogen-bond donors (Lipinski definition) is 0. The Kier molecular flexibility index (Phi) is 3.15. The number of hydrogen-bond acceptors (Lipinski definition) is 2. The summed E-state index contributed by atoms with van der Waals surface area (Å²) >= 11 is 0. The van der Waals surface area contributed by atoms with Gasteiger partial charge in [-0.3, -0.25) is 0 Å². The average molecular weight is 264 g/mol. The number of esters is 1. The second kappa shape index (κ2) is 4.10. The van der Waals surface area contributed by atoms with Crippen LogP contribution in [-0.4, -0.2) is 11.6 Å². The lowest BCUT2D eigenvalue weighted by molar-refractivity contribution is -0.150. The molecule has 0 aromatic heterocycles. The van der Waals surface area contributed by atoms with Gasteiger partial charge < -0.3 is 4.74 Å². The molecule has 0 aromatic carbocycles. The predicted molar refractivity (Wildman–Crippen MR) is 77.8 cm³/mol. The number of carbonyl (C=O) groups is 1. The maximum atomic E-state index is 12.3. The number of allylic oxidation sites excluding steroid dienone is 1. The molecule has 0 spiro atoms. The molecule has 2 atom stereocenters. The molecule has 0 N–H and O–H groups in total. The number of fused-ring (bicyclic) bond motifs is 2. The number of ether oxygens (including phenoxy) is 1. The van der Waals surface area contributed by atoms with Crippen molar-refractivity contribution >= 4 is 5.97 Å². The van der Waals surface area contributed by atoms with E-state index in [1.54, 1.807) is 0 Å². The van der Waals surface area contributed by atoms with Crippen LogP contribution in [-0.2, 0) is 9.53 Å². The molecule has 2 fully saturated rings. The highest BCUT2D eigenvalue weighted by atomic mass is 16.6. The van der Waals surface area contributed by atoms with Gasteiger partial charge in [-0.2, -0.15) is 0 Å². The zero-order chi connectivity index (χ0) is 14.6. The third-order valence-corrected chi connectivity index (χ3v) is 5.71. The Morgan fingerprint density at radius 1 is 1.26 bits per heavy atom. The van der Waals surface area contributed by atoms with E-state index >= 15 is 0 Å². The average Bonchev–Trinajstić information content (AvgIpc) is 2.57. The molecular weight excluding hydrogens is 236 g/mol. The van der Waals surface area contributed by atoms with Gasteiger partial charge in [0.05, 0.1) is 0 Å². The minimum Gasteiger partial charge on any atom is -0.457 e. The molecule has 0 heterocycles. The summed E-state index contributed by atoms with van der Waals surface area (Å²) in [5.74, 6) is 0.594. The van der Waals surface area contributed by atoms with Crippen molar-refractivity contribution in [2.24, 2.45) is 16.7 Å². The molecule has 0 aromatic rings. The Morgan fingerprint density at radius 3 is 2.21 bits per heavy atom. The predicted octanol–water partition coefficient (Wildman–Crippen LogP) is 4.49. The van der Waals surface area contributed by atoms with Crippen LogP contribution in [0.5, 0.6) is 0 Å². The first-order valence-electron chi connectivity index (χ1n) is 7.42. The minimum absolute atomic E-state index is 0.132. The smallest absolute Gasteiger partial charge is 0.334 e. The summed E-state index contributed by atoms with van der Waals surface area (Å²) in [5, 5.41) is 0.